The van der Waals surface area contributed by atoms with Gasteiger partial charge in [0.15, 0.2) is 6.29 Å². The first-order chi connectivity index (χ1) is 15.0. The molecule has 6 N–H and O–H groups in total. The quantitative estimate of drug-likeness (QED) is 0.232. The molecule has 0 aromatic rings. The van der Waals surface area contributed by atoms with E-state index < -0.39 is 67.2 Å². The maximum absolute atomic E-state index is 12.2. The number of rotatable bonds is 7. The van der Waals surface area contributed by atoms with E-state index in [9.17, 15) is 35.4 Å². The molecule has 2 saturated heterocycles. The van der Waals surface area contributed by atoms with Crippen molar-refractivity contribution in [1.82, 2.24) is 0 Å². The van der Waals surface area contributed by atoms with E-state index in [4.69, 9.17) is 18.9 Å². The second-order valence-corrected chi connectivity index (χ2v) is 9.75. The van der Waals surface area contributed by atoms with Crippen molar-refractivity contribution in [2.24, 2.45) is 23.7 Å². The molecule has 0 aromatic heterocycles. The molecule has 2 heterocycles. The monoisotopic (exact) mass is 464 g/mol. The molecule has 32 heavy (non-hydrogen) atoms. The van der Waals surface area contributed by atoms with Crippen molar-refractivity contribution in [3.63, 3.8) is 0 Å². The zero-order chi connectivity index (χ0) is 23.8. The van der Waals surface area contributed by atoms with Gasteiger partial charge in [0.1, 0.15) is 24.4 Å². The second kappa shape index (κ2) is 10.2. The molecule has 3 aliphatic rings. The van der Waals surface area contributed by atoms with Gasteiger partial charge in [-0.1, -0.05) is 13.8 Å². The Kier molecular flexibility index (Phi) is 8.17. The number of aliphatic hydroxyl groups is 6. The Hall–Kier alpha value is -0.890. The van der Waals surface area contributed by atoms with E-state index in [1.54, 1.807) is 0 Å². The van der Waals surface area contributed by atoms with Crippen LogP contribution in [-0.2, 0) is 23.7 Å². The summed E-state index contributed by atoms with van der Waals surface area (Å²) in [5.41, 5.74) is -1.55. The minimum absolute atomic E-state index is 0.0146. The fourth-order valence-corrected chi connectivity index (χ4v) is 4.92. The van der Waals surface area contributed by atoms with Crippen molar-refractivity contribution in [2.45, 2.75) is 82.3 Å². The molecule has 1 saturated carbocycles. The molecule has 186 valence electrons. The third kappa shape index (κ3) is 5.11. The van der Waals surface area contributed by atoms with Crippen LogP contribution in [0.1, 0.15) is 33.6 Å². The van der Waals surface area contributed by atoms with Crippen LogP contribution < -0.4 is 0 Å². The molecule has 0 amide bonds. The Balaban J connectivity index is 1.67. The summed E-state index contributed by atoms with van der Waals surface area (Å²) < 4.78 is 22.3. The van der Waals surface area contributed by atoms with Crippen molar-refractivity contribution in [1.29, 1.82) is 0 Å². The van der Waals surface area contributed by atoms with Crippen molar-refractivity contribution >= 4 is 5.97 Å². The van der Waals surface area contributed by atoms with E-state index in [1.807, 2.05) is 13.8 Å². The lowest BCUT2D eigenvalue weighted by Crippen LogP contribution is -2.59. The molecule has 0 aromatic carbocycles. The van der Waals surface area contributed by atoms with Crippen molar-refractivity contribution in [3.05, 3.63) is 0 Å². The zero-order valence-electron chi connectivity index (χ0n) is 18.6. The van der Waals surface area contributed by atoms with E-state index in [0.717, 1.165) is 0 Å². The van der Waals surface area contributed by atoms with Crippen LogP contribution in [0.3, 0.4) is 0 Å². The van der Waals surface area contributed by atoms with E-state index >= 15 is 0 Å². The molecule has 0 spiro atoms. The Bertz CT molecular complexity index is 639. The van der Waals surface area contributed by atoms with Gasteiger partial charge in [-0.2, -0.15) is 0 Å². The van der Waals surface area contributed by atoms with Crippen LogP contribution in [0.2, 0.25) is 0 Å². The molecular formula is C21H36O11. The Morgan fingerprint density at radius 3 is 2.44 bits per heavy atom. The average molecular weight is 465 g/mol. The summed E-state index contributed by atoms with van der Waals surface area (Å²) in [7, 11) is 0. The minimum atomic E-state index is -1.56. The number of ether oxygens (including phenoxy) is 4. The van der Waals surface area contributed by atoms with Crippen LogP contribution >= 0.6 is 0 Å². The highest BCUT2D eigenvalue weighted by Crippen LogP contribution is 2.49. The zero-order valence-corrected chi connectivity index (χ0v) is 18.6. The fraction of sp³-hybridized carbons (Fsp3) is 0.952. The van der Waals surface area contributed by atoms with E-state index in [-0.39, 0.29) is 43.8 Å². The summed E-state index contributed by atoms with van der Waals surface area (Å²) in [6.07, 6.45) is -8.59. The lowest BCUT2D eigenvalue weighted by molar-refractivity contribution is -0.309. The predicted molar refractivity (Wildman–Crippen MR) is 107 cm³/mol. The molecule has 3 rings (SSSR count). The van der Waals surface area contributed by atoms with E-state index in [0.29, 0.717) is 0 Å². The fourth-order valence-electron chi connectivity index (χ4n) is 4.92. The van der Waals surface area contributed by atoms with Gasteiger partial charge in [0.2, 0.25) is 6.29 Å². The number of hydrogen-bond donors (Lipinski definition) is 6. The number of fused-ring (bicyclic) bond motifs is 1. The van der Waals surface area contributed by atoms with Gasteiger partial charge >= 0.3 is 5.97 Å². The summed E-state index contributed by atoms with van der Waals surface area (Å²) in [4.78, 5) is 12.2. The molecule has 11 unspecified atom stereocenters. The SMILES string of the molecule is CC(C)CC(=O)OC1OCC(COC2OC(CO)C(O)C(O)C2O)C2CC(O)C(C)(O)C12. The maximum Gasteiger partial charge on any atom is 0.308 e. The highest BCUT2D eigenvalue weighted by Gasteiger charge is 2.59. The lowest BCUT2D eigenvalue weighted by atomic mass is 9.77. The van der Waals surface area contributed by atoms with Crippen LogP contribution in [0.4, 0.5) is 0 Å². The normalized spacial score (nSPS) is 46.8. The number of carbonyl (C=O) groups is 1. The number of aliphatic hydroxyl groups excluding tert-OH is 5. The smallest absolute Gasteiger partial charge is 0.308 e. The Labute approximate surface area is 186 Å². The van der Waals surface area contributed by atoms with Gasteiger partial charge in [-0.05, 0) is 25.2 Å². The van der Waals surface area contributed by atoms with Crippen molar-refractivity contribution < 1.29 is 54.4 Å². The van der Waals surface area contributed by atoms with Gasteiger partial charge in [-0.25, -0.2) is 0 Å². The van der Waals surface area contributed by atoms with Crippen LogP contribution in [0, 0.1) is 23.7 Å². The third-order valence-electron chi connectivity index (χ3n) is 6.82. The summed E-state index contributed by atoms with van der Waals surface area (Å²) >= 11 is 0. The van der Waals surface area contributed by atoms with Crippen LogP contribution in [0.25, 0.3) is 0 Å². The molecular weight excluding hydrogens is 428 g/mol. The van der Waals surface area contributed by atoms with Crippen molar-refractivity contribution in [3.8, 4) is 0 Å². The number of hydrogen-bond acceptors (Lipinski definition) is 11. The summed E-state index contributed by atoms with van der Waals surface area (Å²) in [5, 5.41) is 60.7. The summed E-state index contributed by atoms with van der Waals surface area (Å²) in [6, 6.07) is 0. The van der Waals surface area contributed by atoms with Gasteiger partial charge < -0.3 is 49.6 Å². The van der Waals surface area contributed by atoms with Crippen LogP contribution in [0.15, 0.2) is 0 Å². The Morgan fingerprint density at radius 2 is 1.81 bits per heavy atom. The molecule has 0 radical (unpaired) electrons. The van der Waals surface area contributed by atoms with Gasteiger partial charge in [-0.3, -0.25) is 4.79 Å². The van der Waals surface area contributed by atoms with Crippen LogP contribution in [-0.4, -0.2) is 105 Å². The maximum atomic E-state index is 12.2. The van der Waals surface area contributed by atoms with Gasteiger partial charge in [0, 0.05) is 12.3 Å². The first-order valence-corrected chi connectivity index (χ1v) is 11.1. The van der Waals surface area contributed by atoms with Crippen molar-refractivity contribution in [2.75, 3.05) is 19.8 Å². The van der Waals surface area contributed by atoms with Gasteiger partial charge in [0.25, 0.3) is 0 Å². The number of esters is 1. The third-order valence-corrected chi connectivity index (χ3v) is 6.82. The molecule has 1 aliphatic carbocycles. The van der Waals surface area contributed by atoms with Gasteiger partial charge in [-0.15, -0.1) is 0 Å². The molecule has 3 fully saturated rings. The average Bonchev–Trinajstić information content (AvgIpc) is 2.96. The topological polar surface area (TPSA) is 175 Å². The standard InChI is InChI=1S/C21H36O11/c1-9(2)4-14(24)32-19-15-11(5-13(23)21(15,3)28)10(7-29-19)8-30-20-18(27)17(26)16(25)12(6-22)31-20/h9-13,15-20,22-23,25-28H,4-8H2,1-3H3. The molecule has 2 aliphatic heterocycles. The molecule has 11 heteroatoms. The molecule has 11 nitrogen and oxygen atoms in total. The first-order valence-electron chi connectivity index (χ1n) is 11.1. The summed E-state index contributed by atoms with van der Waals surface area (Å²) in [6.45, 7) is 4.78. The highest BCUT2D eigenvalue weighted by molar-refractivity contribution is 5.69. The minimum Gasteiger partial charge on any atom is -0.435 e. The van der Waals surface area contributed by atoms with E-state index in [1.165, 1.54) is 6.92 Å². The first kappa shape index (κ1) is 25.7. The summed E-state index contributed by atoms with van der Waals surface area (Å²) in [5.74, 6) is -1.69. The Morgan fingerprint density at radius 1 is 1.12 bits per heavy atom. The largest absolute Gasteiger partial charge is 0.435 e. The lowest BCUT2D eigenvalue weighted by Gasteiger charge is -2.44. The molecule has 0 bridgehead atoms. The van der Waals surface area contributed by atoms with Gasteiger partial charge in [0.05, 0.1) is 37.4 Å². The second-order valence-electron chi connectivity index (χ2n) is 9.75. The molecule has 11 atom stereocenters. The van der Waals surface area contributed by atoms with E-state index in [2.05, 4.69) is 0 Å². The number of carbonyl (C=O) groups excluding carboxylic acids is 1. The van der Waals surface area contributed by atoms with Crippen LogP contribution in [0.5, 0.6) is 0 Å². The highest BCUT2D eigenvalue weighted by atomic mass is 16.7. The predicted octanol–water partition coefficient (Wildman–Crippen LogP) is -1.89.